The van der Waals surface area contributed by atoms with Crippen molar-refractivity contribution in [3.63, 3.8) is 0 Å². The van der Waals surface area contributed by atoms with E-state index in [4.69, 9.17) is 0 Å². The largest absolute Gasteiger partial charge is 0.504 e. The van der Waals surface area contributed by atoms with Gasteiger partial charge in [0.2, 0.25) is 0 Å². The van der Waals surface area contributed by atoms with Crippen LogP contribution in [0.4, 0.5) is 35.1 Å². The van der Waals surface area contributed by atoms with Gasteiger partial charge in [-0.15, -0.1) is 0 Å². The normalized spacial score (nSPS) is 20.5. The lowest BCUT2D eigenvalue weighted by Crippen LogP contribution is -2.29. The maximum Gasteiger partial charge on any atom is 0.168 e. The first-order valence-corrected chi connectivity index (χ1v) is 19.3. The Bertz CT molecular complexity index is 2040. The highest BCUT2D eigenvalue weighted by molar-refractivity contribution is 6.03. The molecule has 6 rings (SSSR count). The molecule has 0 heterocycles. The van der Waals surface area contributed by atoms with Crippen LogP contribution in [0, 0.1) is 46.5 Å². The van der Waals surface area contributed by atoms with E-state index in [0.717, 1.165) is 49.9 Å². The van der Waals surface area contributed by atoms with Crippen LogP contribution in [0.1, 0.15) is 101 Å². The Kier molecular flexibility index (Phi) is 14.7. The maximum atomic E-state index is 13.7. The zero-order valence-electron chi connectivity index (χ0n) is 33.2. The van der Waals surface area contributed by atoms with Crippen LogP contribution in [0.25, 0.3) is 0 Å². The quantitative estimate of drug-likeness (QED) is 0.104. The second-order valence-electron chi connectivity index (χ2n) is 14.8. The van der Waals surface area contributed by atoms with Gasteiger partial charge in [-0.05, 0) is 77.6 Å². The second kappa shape index (κ2) is 19.5. The lowest BCUT2D eigenvalue weighted by molar-refractivity contribution is 0.387. The van der Waals surface area contributed by atoms with Gasteiger partial charge in [0.15, 0.2) is 46.3 Å². The third-order valence-electron chi connectivity index (χ3n) is 10.5. The van der Waals surface area contributed by atoms with E-state index in [2.05, 4.69) is 20.0 Å². The molecular weight excluding hydrogens is 800 g/mol. The van der Waals surface area contributed by atoms with E-state index >= 15 is 0 Å². The van der Waals surface area contributed by atoms with Gasteiger partial charge in [-0.1, -0.05) is 25.7 Å². The Hall–Kier alpha value is -5.80. The first kappa shape index (κ1) is 45.3. The Balaban J connectivity index is 0.000000228. The Labute approximate surface area is 341 Å². The Morgan fingerprint density at radius 1 is 0.367 bits per heavy atom. The fraction of sp³-hybridized carbons (Fsp3) is 0.364. The standard InChI is InChI=1S/2C22H22F4N2O2/c2*1-11(15-7-13(23)9-17(25)21(15)29)27-19-5-3-4-6-20(19)28-12(2)16-8-14(24)10-18(26)22(16)30/h2*7-10,19-20,29-30H,3-6H2,1-2H3/t2*19-,20-/m11/s1. The summed E-state index contributed by atoms with van der Waals surface area (Å²) < 4.78 is 109. The summed E-state index contributed by atoms with van der Waals surface area (Å²) in [6.45, 7) is 6.18. The van der Waals surface area contributed by atoms with E-state index < -0.39 is 69.5 Å². The number of hydrogen-bond donors (Lipinski definition) is 4. The van der Waals surface area contributed by atoms with Gasteiger partial charge >= 0.3 is 0 Å². The van der Waals surface area contributed by atoms with Gasteiger partial charge in [0.25, 0.3) is 0 Å². The summed E-state index contributed by atoms with van der Waals surface area (Å²) in [6, 6.07) is 5.02. The molecule has 2 aliphatic rings. The van der Waals surface area contributed by atoms with Crippen molar-refractivity contribution in [2.75, 3.05) is 0 Å². The molecule has 0 unspecified atom stereocenters. The number of phenols is 4. The van der Waals surface area contributed by atoms with Crippen molar-refractivity contribution < 1.29 is 55.5 Å². The zero-order valence-corrected chi connectivity index (χ0v) is 33.2. The summed E-state index contributed by atoms with van der Waals surface area (Å²) in [5.41, 5.74) is 0.880. The molecule has 16 heteroatoms. The number of rotatable bonds is 8. The SMILES string of the molecule is CC(=N[C@@H]1CCCC[C@H]1N=C(C)c1cc(F)cc(F)c1O)c1cc(F)cc(F)c1O.CC(=N[C@@H]1CCCC[C@H]1N=C(C)c1cc(F)cc(F)c1O)c1cc(F)cc(F)c1O. The molecule has 2 aliphatic carbocycles. The van der Waals surface area contributed by atoms with E-state index in [1.165, 1.54) is 0 Å². The first-order valence-electron chi connectivity index (χ1n) is 19.3. The molecule has 4 N–H and O–H groups in total. The molecule has 2 saturated carbocycles. The smallest absolute Gasteiger partial charge is 0.168 e. The maximum absolute atomic E-state index is 13.7. The molecule has 0 amide bonds. The van der Waals surface area contributed by atoms with Gasteiger partial charge in [-0.2, -0.15) is 0 Å². The van der Waals surface area contributed by atoms with Crippen LogP contribution < -0.4 is 0 Å². The molecule has 0 aromatic heterocycles. The van der Waals surface area contributed by atoms with Gasteiger partial charge in [-0.3, -0.25) is 20.0 Å². The highest BCUT2D eigenvalue weighted by Gasteiger charge is 2.28. The summed E-state index contributed by atoms with van der Waals surface area (Å²) in [5.74, 6) is -10.3. The van der Waals surface area contributed by atoms with Gasteiger partial charge < -0.3 is 20.4 Å². The average Bonchev–Trinajstić information content (AvgIpc) is 3.18. The zero-order chi connectivity index (χ0) is 44.0. The van der Waals surface area contributed by atoms with Crippen LogP contribution in [-0.2, 0) is 0 Å². The predicted octanol–water partition coefficient (Wildman–Crippen LogP) is 10.6. The van der Waals surface area contributed by atoms with Crippen LogP contribution in [0.15, 0.2) is 68.5 Å². The molecule has 0 radical (unpaired) electrons. The summed E-state index contributed by atoms with van der Waals surface area (Å²) in [6.07, 6.45) is 6.10. The van der Waals surface area contributed by atoms with Gasteiger partial charge in [0.1, 0.15) is 23.3 Å². The predicted molar refractivity (Wildman–Crippen MR) is 213 cm³/mol. The van der Waals surface area contributed by atoms with Gasteiger partial charge in [0.05, 0.1) is 24.2 Å². The average molecular weight is 845 g/mol. The van der Waals surface area contributed by atoms with Crippen molar-refractivity contribution in [3.05, 3.63) is 117 Å². The Morgan fingerprint density at radius 3 is 0.733 bits per heavy atom. The monoisotopic (exact) mass is 844 g/mol. The third kappa shape index (κ3) is 10.9. The fourth-order valence-corrected chi connectivity index (χ4v) is 7.43. The molecule has 8 nitrogen and oxygen atoms in total. The molecule has 0 saturated heterocycles. The molecule has 4 aromatic rings. The Morgan fingerprint density at radius 2 is 0.550 bits per heavy atom. The third-order valence-corrected chi connectivity index (χ3v) is 10.5. The van der Waals surface area contributed by atoms with E-state index in [-0.39, 0.29) is 69.3 Å². The molecule has 60 heavy (non-hydrogen) atoms. The van der Waals surface area contributed by atoms with Crippen molar-refractivity contribution in [1.82, 2.24) is 0 Å². The number of halogens is 8. The van der Waals surface area contributed by atoms with Crippen LogP contribution in [0.2, 0.25) is 0 Å². The van der Waals surface area contributed by atoms with Gasteiger partial charge in [-0.25, -0.2) is 35.1 Å². The number of aliphatic imine (C=N–C) groups is 4. The minimum absolute atomic E-state index is 0.0395. The highest BCUT2D eigenvalue weighted by atomic mass is 19.2. The van der Waals surface area contributed by atoms with Crippen LogP contribution >= 0.6 is 0 Å². The van der Waals surface area contributed by atoms with E-state index in [1.807, 2.05) is 0 Å². The minimum Gasteiger partial charge on any atom is -0.504 e. The molecule has 0 bridgehead atoms. The molecule has 0 aliphatic heterocycles. The first-order chi connectivity index (χ1) is 28.3. The molecule has 4 aromatic carbocycles. The van der Waals surface area contributed by atoms with Crippen molar-refractivity contribution in [2.45, 2.75) is 103 Å². The van der Waals surface area contributed by atoms with Crippen LogP contribution in [0.3, 0.4) is 0 Å². The second-order valence-corrected chi connectivity index (χ2v) is 14.8. The summed E-state index contributed by atoms with van der Waals surface area (Å²) in [7, 11) is 0. The van der Waals surface area contributed by atoms with Crippen LogP contribution in [0.5, 0.6) is 23.0 Å². The van der Waals surface area contributed by atoms with Crippen molar-refractivity contribution in [2.24, 2.45) is 20.0 Å². The number of nitrogens with zero attached hydrogens (tertiary/aromatic N) is 4. The lowest BCUT2D eigenvalue weighted by atomic mass is 9.90. The van der Waals surface area contributed by atoms with Crippen molar-refractivity contribution >= 4 is 22.8 Å². The molecule has 4 atom stereocenters. The van der Waals surface area contributed by atoms with Crippen LogP contribution in [-0.4, -0.2) is 67.4 Å². The van der Waals surface area contributed by atoms with Gasteiger partial charge in [0, 0.05) is 69.4 Å². The molecule has 0 spiro atoms. The summed E-state index contributed by atoms with van der Waals surface area (Å²) >= 11 is 0. The highest BCUT2D eigenvalue weighted by Crippen LogP contribution is 2.32. The lowest BCUT2D eigenvalue weighted by Gasteiger charge is -2.27. The van der Waals surface area contributed by atoms with Crippen molar-refractivity contribution in [1.29, 1.82) is 0 Å². The molecule has 320 valence electrons. The summed E-state index contributed by atoms with van der Waals surface area (Å²) in [5, 5.41) is 39.7. The topological polar surface area (TPSA) is 130 Å². The molecular formula is C44H44F8N4O4. The minimum atomic E-state index is -1.07. The van der Waals surface area contributed by atoms with E-state index in [9.17, 15) is 55.5 Å². The van der Waals surface area contributed by atoms with E-state index in [0.29, 0.717) is 49.9 Å². The van der Waals surface area contributed by atoms with Crippen molar-refractivity contribution in [3.8, 4) is 23.0 Å². The molecule has 2 fully saturated rings. The fourth-order valence-electron chi connectivity index (χ4n) is 7.43. The summed E-state index contributed by atoms with van der Waals surface area (Å²) in [4.78, 5) is 18.2. The number of aromatic hydroxyl groups is 4. The number of hydrogen-bond acceptors (Lipinski definition) is 8. The number of phenolic OH excluding ortho intramolecular Hbond substituents is 4. The number of benzene rings is 4. The van der Waals surface area contributed by atoms with E-state index in [1.54, 1.807) is 27.7 Å².